The quantitative estimate of drug-likeness (QED) is 0.412. The second-order valence-electron chi connectivity index (χ2n) is 6.36. The molecule has 0 aliphatic heterocycles. The summed E-state index contributed by atoms with van der Waals surface area (Å²) in [6.45, 7) is 1.45. The van der Waals surface area contributed by atoms with E-state index in [1.807, 2.05) is 0 Å². The van der Waals surface area contributed by atoms with Crippen molar-refractivity contribution in [2.75, 3.05) is 13.4 Å². The third-order valence-corrected chi connectivity index (χ3v) is 4.66. The van der Waals surface area contributed by atoms with E-state index in [9.17, 15) is 17.6 Å². The van der Waals surface area contributed by atoms with E-state index in [0.29, 0.717) is 5.56 Å². The van der Waals surface area contributed by atoms with Crippen LogP contribution in [0.4, 0.5) is 8.78 Å². The molecule has 0 amide bonds. The number of furan rings is 1. The molecule has 1 aromatic heterocycles. The van der Waals surface area contributed by atoms with E-state index >= 15 is 4.39 Å². The van der Waals surface area contributed by atoms with Crippen LogP contribution >= 0.6 is 0 Å². The lowest BCUT2D eigenvalue weighted by Crippen LogP contribution is -2.10. The molecule has 0 atom stereocenters. The van der Waals surface area contributed by atoms with Gasteiger partial charge < -0.3 is 13.3 Å². The maximum atomic E-state index is 15.4. The zero-order valence-corrected chi connectivity index (χ0v) is 16.7. The van der Waals surface area contributed by atoms with E-state index < -0.39 is 33.3 Å². The first-order valence-corrected chi connectivity index (χ1v) is 10.4. The average Bonchev–Trinajstić information content (AvgIpc) is 3.03. The molecular weight excluding hydrogens is 406 g/mol. The highest BCUT2D eigenvalue weighted by atomic mass is 32.2. The van der Waals surface area contributed by atoms with E-state index in [0.717, 1.165) is 6.26 Å². The van der Waals surface area contributed by atoms with Crippen LogP contribution in [0.15, 0.2) is 34.7 Å². The van der Waals surface area contributed by atoms with Crippen molar-refractivity contribution in [3.8, 4) is 17.1 Å². The number of ketones is 1. The Morgan fingerprint density at radius 2 is 1.83 bits per heavy atom. The van der Waals surface area contributed by atoms with Crippen molar-refractivity contribution in [2.45, 2.75) is 20.0 Å². The van der Waals surface area contributed by atoms with E-state index in [-0.39, 0.29) is 40.9 Å². The van der Waals surface area contributed by atoms with Gasteiger partial charge in [-0.15, -0.1) is 0 Å². The molecule has 154 valence electrons. The lowest BCUT2D eigenvalue weighted by atomic mass is 9.99. The van der Waals surface area contributed by atoms with E-state index in [2.05, 4.69) is 0 Å². The molecule has 0 spiro atoms. The molecule has 0 saturated heterocycles. The number of rotatable bonds is 7. The molecule has 0 aliphatic carbocycles. The highest BCUT2D eigenvalue weighted by Crippen LogP contribution is 2.41. The summed E-state index contributed by atoms with van der Waals surface area (Å²) in [6.07, 6.45) is 0.828. The summed E-state index contributed by atoms with van der Waals surface area (Å²) < 4.78 is 67.6. The van der Waals surface area contributed by atoms with Gasteiger partial charge in [-0.05, 0) is 30.3 Å². The largest absolute Gasteiger partial charge is 0.455 e. The van der Waals surface area contributed by atoms with Crippen LogP contribution in [0.2, 0.25) is 0 Å². The lowest BCUT2D eigenvalue weighted by molar-refractivity contribution is 0.0989. The summed E-state index contributed by atoms with van der Waals surface area (Å²) in [5.74, 6) is -2.45. The van der Waals surface area contributed by atoms with Crippen molar-refractivity contribution in [3.63, 3.8) is 0 Å². The fourth-order valence-electron chi connectivity index (χ4n) is 3.00. The van der Waals surface area contributed by atoms with Gasteiger partial charge in [0.05, 0.1) is 23.8 Å². The Hall–Kier alpha value is -2.78. The zero-order chi connectivity index (χ0) is 21.3. The lowest BCUT2D eigenvalue weighted by Gasteiger charge is -2.11. The van der Waals surface area contributed by atoms with Crippen LogP contribution in [-0.4, -0.2) is 27.6 Å². The van der Waals surface area contributed by atoms with Gasteiger partial charge in [0, 0.05) is 24.7 Å². The fourth-order valence-corrected chi connectivity index (χ4v) is 3.48. The molecule has 9 heteroatoms. The second-order valence-corrected chi connectivity index (χ2v) is 7.94. The van der Waals surface area contributed by atoms with Gasteiger partial charge in [-0.1, -0.05) is 6.92 Å². The number of halogens is 2. The van der Waals surface area contributed by atoms with Crippen LogP contribution in [0, 0.1) is 11.6 Å². The third-order valence-electron chi connectivity index (χ3n) is 4.19. The van der Waals surface area contributed by atoms with Crippen molar-refractivity contribution < 1.29 is 35.3 Å². The number of fused-ring (bicyclic) bond motifs is 1. The van der Waals surface area contributed by atoms with Crippen LogP contribution in [0.3, 0.4) is 0 Å². The van der Waals surface area contributed by atoms with Crippen molar-refractivity contribution in [3.05, 3.63) is 53.1 Å². The molecule has 0 unspecified atom stereocenters. The molecule has 0 fully saturated rings. The van der Waals surface area contributed by atoms with Crippen LogP contribution in [-0.2, 0) is 21.5 Å². The molecular formula is C20H18F2O6S. The first-order valence-electron chi connectivity index (χ1n) is 8.61. The van der Waals surface area contributed by atoms with Gasteiger partial charge in [-0.3, -0.25) is 4.79 Å². The number of benzene rings is 2. The van der Waals surface area contributed by atoms with Gasteiger partial charge in [-0.2, -0.15) is 8.42 Å². The minimum atomic E-state index is -4.05. The summed E-state index contributed by atoms with van der Waals surface area (Å²) in [7, 11) is -2.70. The number of hydrogen-bond donors (Lipinski definition) is 0. The van der Waals surface area contributed by atoms with Gasteiger partial charge in [-0.25, -0.2) is 8.78 Å². The molecule has 0 bridgehead atoms. The standard InChI is InChI=1S/C20H18F2O6S/c1-4-14(23)16-17-15(27-19(16)11-5-7-13(21)8-6-11)9-12(10-26-2)20(18(17)22)28-29(3,24)25/h5-9H,4,10H2,1-3H3. The molecule has 2 aromatic carbocycles. The van der Waals surface area contributed by atoms with Gasteiger partial charge in [0.25, 0.3) is 0 Å². The molecule has 0 N–H and O–H groups in total. The van der Waals surface area contributed by atoms with Gasteiger partial charge in [0.2, 0.25) is 0 Å². The Labute approximate surface area is 166 Å². The van der Waals surface area contributed by atoms with Crippen molar-refractivity contribution in [2.24, 2.45) is 0 Å². The zero-order valence-electron chi connectivity index (χ0n) is 15.9. The van der Waals surface area contributed by atoms with Gasteiger partial charge >= 0.3 is 10.1 Å². The van der Waals surface area contributed by atoms with E-state index in [1.54, 1.807) is 6.92 Å². The van der Waals surface area contributed by atoms with E-state index in [4.69, 9.17) is 13.3 Å². The van der Waals surface area contributed by atoms with Gasteiger partial charge in [0.15, 0.2) is 17.3 Å². The highest BCUT2D eigenvalue weighted by molar-refractivity contribution is 7.86. The maximum absolute atomic E-state index is 15.4. The summed E-state index contributed by atoms with van der Waals surface area (Å²) in [4.78, 5) is 12.6. The number of hydrogen-bond acceptors (Lipinski definition) is 6. The third kappa shape index (κ3) is 4.15. The van der Waals surface area contributed by atoms with Crippen molar-refractivity contribution in [1.29, 1.82) is 0 Å². The molecule has 0 radical (unpaired) electrons. The molecule has 1 heterocycles. The SMILES string of the molecule is CCC(=O)c1c(-c2ccc(F)cc2)oc2cc(COC)c(OS(C)(=O)=O)c(F)c12. The van der Waals surface area contributed by atoms with Crippen LogP contribution in [0.1, 0.15) is 29.3 Å². The Morgan fingerprint density at radius 1 is 1.17 bits per heavy atom. The van der Waals surface area contributed by atoms with Gasteiger partial charge in [0.1, 0.15) is 17.2 Å². The molecule has 3 rings (SSSR count). The Bertz CT molecular complexity index is 1180. The molecule has 0 aliphatic rings. The number of Topliss-reactive ketones (excluding diaryl/α,β-unsaturated/α-hetero) is 1. The predicted octanol–water partition coefficient (Wildman–Crippen LogP) is 4.46. The van der Waals surface area contributed by atoms with E-state index in [1.165, 1.54) is 37.4 Å². The minimum absolute atomic E-state index is 0.0199. The Morgan fingerprint density at radius 3 is 2.38 bits per heavy atom. The van der Waals surface area contributed by atoms with Crippen molar-refractivity contribution >= 4 is 26.9 Å². The fraction of sp³-hybridized carbons (Fsp3) is 0.250. The Balaban J connectivity index is 2.39. The molecule has 0 saturated carbocycles. The predicted molar refractivity (Wildman–Crippen MR) is 102 cm³/mol. The second kappa shape index (κ2) is 7.92. The average molecular weight is 424 g/mol. The summed E-state index contributed by atoms with van der Waals surface area (Å²) >= 11 is 0. The molecule has 3 aromatic rings. The first-order chi connectivity index (χ1) is 13.7. The number of methoxy groups -OCH3 is 1. The van der Waals surface area contributed by atoms with Crippen LogP contribution < -0.4 is 4.18 Å². The molecule has 6 nitrogen and oxygen atoms in total. The smallest absolute Gasteiger partial charge is 0.306 e. The first kappa shape index (κ1) is 20.9. The maximum Gasteiger partial charge on any atom is 0.306 e. The monoisotopic (exact) mass is 424 g/mol. The summed E-state index contributed by atoms with van der Waals surface area (Å²) in [6, 6.07) is 6.55. The summed E-state index contributed by atoms with van der Waals surface area (Å²) in [5.41, 5.74) is 0.427. The number of carbonyl (C=O) groups is 1. The summed E-state index contributed by atoms with van der Waals surface area (Å²) in [5, 5.41) is -0.199. The Kier molecular flexibility index (Phi) is 5.72. The minimum Gasteiger partial charge on any atom is -0.455 e. The number of ether oxygens (including phenoxy) is 1. The molecule has 29 heavy (non-hydrogen) atoms. The topological polar surface area (TPSA) is 82.8 Å². The van der Waals surface area contributed by atoms with Crippen LogP contribution in [0.5, 0.6) is 5.75 Å². The van der Waals surface area contributed by atoms with Crippen LogP contribution in [0.25, 0.3) is 22.3 Å². The normalized spacial score (nSPS) is 11.8. The highest BCUT2D eigenvalue weighted by Gasteiger charge is 2.28. The number of carbonyl (C=O) groups excluding carboxylic acids is 1. The van der Waals surface area contributed by atoms with Crippen molar-refractivity contribution in [1.82, 2.24) is 0 Å².